The molecular weight excluding hydrogens is 302 g/mol. The van der Waals surface area contributed by atoms with Gasteiger partial charge in [0, 0.05) is 11.8 Å². The van der Waals surface area contributed by atoms with Crippen molar-refractivity contribution in [1.82, 2.24) is 4.90 Å². The number of ketones is 1. The molecule has 0 aliphatic carbocycles. The van der Waals surface area contributed by atoms with Gasteiger partial charge in [-0.3, -0.25) is 9.69 Å². The lowest BCUT2D eigenvalue weighted by atomic mass is 10.1. The lowest BCUT2D eigenvalue weighted by Gasteiger charge is -2.17. The summed E-state index contributed by atoms with van der Waals surface area (Å²) in [4.78, 5) is 24.9. The van der Waals surface area contributed by atoms with E-state index in [2.05, 4.69) is 0 Å². The van der Waals surface area contributed by atoms with Crippen LogP contribution >= 0.6 is 0 Å². The molecule has 4 heteroatoms. The minimum Gasteiger partial charge on any atom is -0.447 e. The van der Waals surface area contributed by atoms with Gasteiger partial charge in [-0.1, -0.05) is 54.6 Å². The summed E-state index contributed by atoms with van der Waals surface area (Å²) in [7, 11) is 0. The van der Waals surface area contributed by atoms with Gasteiger partial charge in [-0.25, -0.2) is 4.79 Å². The molecule has 122 valence electrons. The molecule has 1 aliphatic rings. The van der Waals surface area contributed by atoms with Crippen molar-refractivity contribution in [3.05, 3.63) is 77.5 Å². The van der Waals surface area contributed by atoms with Crippen molar-refractivity contribution in [2.24, 2.45) is 0 Å². The van der Waals surface area contributed by atoms with E-state index in [1.54, 1.807) is 30.2 Å². The van der Waals surface area contributed by atoms with Crippen LogP contribution in [-0.4, -0.2) is 29.4 Å². The second-order valence-corrected chi connectivity index (χ2v) is 5.82. The predicted molar refractivity (Wildman–Crippen MR) is 92.6 cm³/mol. The van der Waals surface area contributed by atoms with Crippen LogP contribution in [0.25, 0.3) is 6.08 Å². The minimum absolute atomic E-state index is 0.00681. The Morgan fingerprint density at radius 3 is 2.54 bits per heavy atom. The second kappa shape index (κ2) is 7.13. The molecule has 0 bridgehead atoms. The quantitative estimate of drug-likeness (QED) is 0.784. The molecule has 2 aromatic rings. The van der Waals surface area contributed by atoms with Gasteiger partial charge in [0.1, 0.15) is 6.61 Å². The summed E-state index contributed by atoms with van der Waals surface area (Å²) >= 11 is 0. The maximum Gasteiger partial charge on any atom is 0.414 e. The maximum atomic E-state index is 11.9. The number of rotatable bonds is 5. The Bertz CT molecular complexity index is 750. The first kappa shape index (κ1) is 16.0. The first-order chi connectivity index (χ1) is 11.6. The van der Waals surface area contributed by atoms with Gasteiger partial charge < -0.3 is 4.74 Å². The van der Waals surface area contributed by atoms with E-state index in [0.717, 1.165) is 12.0 Å². The highest BCUT2D eigenvalue weighted by molar-refractivity contribution is 5.94. The summed E-state index contributed by atoms with van der Waals surface area (Å²) < 4.78 is 5.18. The summed E-state index contributed by atoms with van der Waals surface area (Å²) in [6.07, 6.45) is 4.04. The van der Waals surface area contributed by atoms with Crippen molar-refractivity contribution in [3.63, 3.8) is 0 Å². The highest BCUT2D eigenvalue weighted by Crippen LogP contribution is 2.18. The lowest BCUT2D eigenvalue weighted by Crippen LogP contribution is -2.30. The third-order valence-electron chi connectivity index (χ3n) is 4.06. The average molecular weight is 321 g/mol. The molecule has 4 nitrogen and oxygen atoms in total. The van der Waals surface area contributed by atoms with Gasteiger partial charge in [0.05, 0.1) is 6.04 Å². The van der Waals surface area contributed by atoms with Crippen molar-refractivity contribution in [3.8, 4) is 0 Å². The highest BCUT2D eigenvalue weighted by atomic mass is 16.6. The summed E-state index contributed by atoms with van der Waals surface area (Å²) in [5.74, 6) is 0.0385. The number of Topliss-reactive ketones (excluding diaryl/α,β-unsaturated/α-hetero) is 1. The van der Waals surface area contributed by atoms with E-state index < -0.39 is 0 Å². The molecule has 1 aliphatic heterocycles. The lowest BCUT2D eigenvalue weighted by molar-refractivity contribution is 0.101. The summed E-state index contributed by atoms with van der Waals surface area (Å²) in [6.45, 7) is 1.93. The highest BCUT2D eigenvalue weighted by Gasteiger charge is 2.31. The van der Waals surface area contributed by atoms with Gasteiger partial charge in [-0.15, -0.1) is 0 Å². The molecule has 0 radical (unpaired) electrons. The minimum atomic E-state index is -0.326. The fourth-order valence-corrected chi connectivity index (χ4v) is 2.69. The maximum absolute atomic E-state index is 11.9. The normalized spacial score (nSPS) is 17.3. The van der Waals surface area contributed by atoms with Crippen LogP contribution in [0.5, 0.6) is 0 Å². The number of amides is 1. The molecule has 1 amide bonds. The Morgan fingerprint density at radius 2 is 1.88 bits per heavy atom. The number of hydrogen-bond donors (Lipinski definition) is 0. The zero-order valence-corrected chi connectivity index (χ0v) is 13.5. The van der Waals surface area contributed by atoms with Gasteiger partial charge in [0.15, 0.2) is 5.78 Å². The Kier molecular flexibility index (Phi) is 4.75. The Morgan fingerprint density at radius 1 is 1.17 bits per heavy atom. The van der Waals surface area contributed by atoms with Crippen LogP contribution in [-0.2, 0) is 11.2 Å². The zero-order valence-electron chi connectivity index (χ0n) is 13.5. The van der Waals surface area contributed by atoms with Crippen LogP contribution in [0.3, 0.4) is 0 Å². The molecule has 0 spiro atoms. The third kappa shape index (κ3) is 3.71. The van der Waals surface area contributed by atoms with Crippen LogP contribution in [0.4, 0.5) is 4.79 Å². The van der Waals surface area contributed by atoms with E-state index in [0.29, 0.717) is 12.2 Å². The number of carbonyl (C=O) groups excluding carboxylic acids is 2. The van der Waals surface area contributed by atoms with Crippen LogP contribution in [0.2, 0.25) is 0 Å². The van der Waals surface area contributed by atoms with Crippen LogP contribution in [0.1, 0.15) is 28.4 Å². The molecule has 1 fully saturated rings. The molecule has 3 rings (SSSR count). The smallest absolute Gasteiger partial charge is 0.414 e. The standard InChI is InChI=1S/C20H19NO3/c1-15(22)18-9-7-16(8-10-18)11-12-21-19(14-24-20(21)23)13-17-5-3-2-4-6-17/h2-12,19H,13-14H2,1H3/b12-11-/t19-/m0/s1. The van der Waals surface area contributed by atoms with Crippen LogP contribution in [0, 0.1) is 0 Å². The van der Waals surface area contributed by atoms with Crippen molar-refractivity contribution in [2.45, 2.75) is 19.4 Å². The number of cyclic esters (lactones) is 1. The van der Waals surface area contributed by atoms with Gasteiger partial charge in [0.2, 0.25) is 0 Å². The molecule has 1 heterocycles. The Labute approximate surface area is 141 Å². The number of hydrogen-bond acceptors (Lipinski definition) is 3. The Hall–Kier alpha value is -2.88. The van der Waals surface area contributed by atoms with E-state index >= 15 is 0 Å². The molecule has 0 N–H and O–H groups in total. The average Bonchev–Trinajstić information content (AvgIpc) is 2.94. The molecule has 0 unspecified atom stereocenters. The zero-order chi connectivity index (χ0) is 16.9. The summed E-state index contributed by atoms with van der Waals surface area (Å²) in [6, 6.07) is 17.3. The number of carbonyl (C=O) groups is 2. The van der Waals surface area contributed by atoms with Crippen molar-refractivity contribution < 1.29 is 14.3 Å². The number of ether oxygens (including phenoxy) is 1. The van der Waals surface area contributed by atoms with E-state index in [1.165, 1.54) is 5.56 Å². The second-order valence-electron chi connectivity index (χ2n) is 5.82. The van der Waals surface area contributed by atoms with Crippen molar-refractivity contribution in [2.75, 3.05) is 6.61 Å². The summed E-state index contributed by atoms with van der Waals surface area (Å²) in [5, 5.41) is 0. The van der Waals surface area contributed by atoms with E-state index in [-0.39, 0.29) is 17.9 Å². The Balaban J connectivity index is 1.71. The molecular formula is C20H19NO3. The van der Waals surface area contributed by atoms with Gasteiger partial charge in [0.25, 0.3) is 0 Å². The number of nitrogens with zero attached hydrogens (tertiary/aromatic N) is 1. The largest absolute Gasteiger partial charge is 0.447 e. The molecule has 24 heavy (non-hydrogen) atoms. The SMILES string of the molecule is CC(=O)c1ccc(/C=C\N2C(=O)OC[C@@H]2Cc2ccccc2)cc1. The first-order valence-electron chi connectivity index (χ1n) is 7.92. The molecule has 2 aromatic carbocycles. The fraction of sp³-hybridized carbons (Fsp3) is 0.200. The topological polar surface area (TPSA) is 46.6 Å². The van der Waals surface area contributed by atoms with Gasteiger partial charge in [-0.2, -0.15) is 0 Å². The van der Waals surface area contributed by atoms with Crippen molar-refractivity contribution in [1.29, 1.82) is 0 Å². The molecule has 1 saturated heterocycles. The van der Waals surface area contributed by atoms with E-state index in [4.69, 9.17) is 4.74 Å². The van der Waals surface area contributed by atoms with Gasteiger partial charge >= 0.3 is 6.09 Å². The van der Waals surface area contributed by atoms with Crippen LogP contribution in [0.15, 0.2) is 60.8 Å². The first-order valence-corrected chi connectivity index (χ1v) is 7.92. The van der Waals surface area contributed by atoms with Crippen molar-refractivity contribution >= 4 is 18.0 Å². The third-order valence-corrected chi connectivity index (χ3v) is 4.06. The molecule has 1 atom stereocenters. The van der Waals surface area contributed by atoms with E-state index in [9.17, 15) is 9.59 Å². The van der Waals surface area contributed by atoms with Gasteiger partial charge in [-0.05, 0) is 30.5 Å². The summed E-state index contributed by atoms with van der Waals surface area (Å²) in [5.41, 5.74) is 2.78. The number of benzene rings is 2. The molecule has 0 aromatic heterocycles. The monoisotopic (exact) mass is 321 g/mol. The predicted octanol–water partition coefficient (Wildman–Crippen LogP) is 3.92. The fourth-order valence-electron chi connectivity index (χ4n) is 2.69. The molecule has 0 saturated carbocycles. The van der Waals surface area contributed by atoms with Crippen LogP contribution < -0.4 is 0 Å². The van der Waals surface area contributed by atoms with E-state index in [1.807, 2.05) is 48.5 Å².